The Bertz CT molecular complexity index is 629. The number of thioether (sulfide) groups is 1. The third-order valence-corrected chi connectivity index (χ3v) is 4.77. The largest absolute Gasteiger partial charge is 0.478 e. The molecule has 0 unspecified atom stereocenters. The summed E-state index contributed by atoms with van der Waals surface area (Å²) in [5.41, 5.74) is 0.495. The van der Waals surface area contributed by atoms with Crippen LogP contribution in [0.5, 0.6) is 0 Å². The fraction of sp³-hybridized carbons (Fsp3) is 0.0769. The van der Waals surface area contributed by atoms with Gasteiger partial charge in [0.2, 0.25) is 5.91 Å². The van der Waals surface area contributed by atoms with Gasteiger partial charge in [0.1, 0.15) is 0 Å². The Morgan fingerprint density at radius 1 is 1.35 bits per heavy atom. The van der Waals surface area contributed by atoms with Gasteiger partial charge in [-0.1, -0.05) is 17.7 Å². The van der Waals surface area contributed by atoms with E-state index in [1.54, 1.807) is 11.3 Å². The van der Waals surface area contributed by atoms with E-state index in [2.05, 4.69) is 5.32 Å². The zero-order chi connectivity index (χ0) is 14.5. The van der Waals surface area contributed by atoms with Crippen molar-refractivity contribution in [2.24, 2.45) is 0 Å². The Morgan fingerprint density at radius 2 is 2.15 bits per heavy atom. The average molecular weight is 328 g/mol. The van der Waals surface area contributed by atoms with E-state index in [0.717, 1.165) is 4.21 Å². The Hall–Kier alpha value is -1.50. The first kappa shape index (κ1) is 14.9. The lowest BCUT2D eigenvalue weighted by Gasteiger charge is -2.07. The lowest BCUT2D eigenvalue weighted by molar-refractivity contribution is -0.113. The molecule has 0 bridgehead atoms. The second-order valence-electron chi connectivity index (χ2n) is 3.77. The van der Waals surface area contributed by atoms with Crippen molar-refractivity contribution in [2.45, 2.75) is 4.21 Å². The average Bonchev–Trinajstić information content (AvgIpc) is 2.91. The number of hydrogen-bond donors (Lipinski definition) is 2. The van der Waals surface area contributed by atoms with Crippen molar-refractivity contribution in [3.63, 3.8) is 0 Å². The van der Waals surface area contributed by atoms with Crippen LogP contribution >= 0.6 is 34.7 Å². The van der Waals surface area contributed by atoms with Gasteiger partial charge < -0.3 is 10.4 Å². The summed E-state index contributed by atoms with van der Waals surface area (Å²) >= 11 is 8.94. The molecular formula is C13H10ClNO3S2. The van der Waals surface area contributed by atoms with Crippen molar-refractivity contribution < 1.29 is 14.7 Å². The van der Waals surface area contributed by atoms with Gasteiger partial charge in [-0.05, 0) is 29.6 Å². The van der Waals surface area contributed by atoms with Crippen LogP contribution in [-0.2, 0) is 4.79 Å². The van der Waals surface area contributed by atoms with Crippen LogP contribution < -0.4 is 5.32 Å². The lowest BCUT2D eigenvalue weighted by Crippen LogP contribution is -2.14. The number of amides is 1. The highest BCUT2D eigenvalue weighted by molar-refractivity contribution is 8.01. The molecule has 0 fully saturated rings. The van der Waals surface area contributed by atoms with E-state index in [1.807, 2.05) is 17.5 Å². The van der Waals surface area contributed by atoms with Crippen molar-refractivity contribution in [3.05, 3.63) is 46.3 Å². The maximum absolute atomic E-state index is 11.8. The summed E-state index contributed by atoms with van der Waals surface area (Å²) < 4.78 is 1.06. The molecule has 0 saturated heterocycles. The number of carboxylic acids is 1. The van der Waals surface area contributed by atoms with E-state index in [-0.39, 0.29) is 22.2 Å². The molecule has 20 heavy (non-hydrogen) atoms. The second-order valence-corrected chi connectivity index (χ2v) is 6.40. The molecule has 104 valence electrons. The van der Waals surface area contributed by atoms with Crippen LogP contribution in [0.2, 0.25) is 5.02 Å². The van der Waals surface area contributed by atoms with Crippen molar-refractivity contribution in [3.8, 4) is 0 Å². The Balaban J connectivity index is 1.95. The lowest BCUT2D eigenvalue weighted by atomic mass is 10.2. The molecule has 0 spiro atoms. The zero-order valence-electron chi connectivity index (χ0n) is 10.1. The van der Waals surface area contributed by atoms with E-state index in [9.17, 15) is 9.59 Å². The first-order valence-corrected chi connectivity index (χ1v) is 7.79. The molecule has 7 heteroatoms. The zero-order valence-corrected chi connectivity index (χ0v) is 12.5. The fourth-order valence-electron chi connectivity index (χ4n) is 1.42. The quantitative estimate of drug-likeness (QED) is 0.819. The number of aromatic carboxylic acids is 1. The molecular weight excluding hydrogens is 318 g/mol. The molecule has 0 aliphatic heterocycles. The summed E-state index contributed by atoms with van der Waals surface area (Å²) in [5, 5.41) is 13.6. The third-order valence-electron chi connectivity index (χ3n) is 2.33. The van der Waals surface area contributed by atoms with E-state index < -0.39 is 5.97 Å². The molecule has 0 aliphatic rings. The van der Waals surface area contributed by atoms with E-state index in [0.29, 0.717) is 5.69 Å². The number of carboxylic acid groups (broad SMARTS) is 1. The number of thiophene rings is 1. The molecule has 1 aromatic heterocycles. The molecule has 2 N–H and O–H groups in total. The van der Waals surface area contributed by atoms with Crippen molar-refractivity contribution in [1.82, 2.24) is 0 Å². The van der Waals surface area contributed by atoms with Gasteiger partial charge in [0, 0.05) is 0 Å². The standard InChI is InChI=1S/C13H10ClNO3S2/c14-9-6-8(13(17)18)3-4-10(9)15-11(16)7-20-12-2-1-5-19-12/h1-6H,7H2,(H,15,16)(H,17,18). The Labute approximate surface area is 128 Å². The summed E-state index contributed by atoms with van der Waals surface area (Å²) in [6.45, 7) is 0. The van der Waals surface area contributed by atoms with Crippen LogP contribution in [0.15, 0.2) is 39.9 Å². The maximum atomic E-state index is 11.8. The number of halogens is 1. The second kappa shape index (κ2) is 6.78. The number of rotatable bonds is 5. The molecule has 1 aromatic carbocycles. The first-order chi connectivity index (χ1) is 9.56. The fourth-order valence-corrected chi connectivity index (χ4v) is 3.23. The summed E-state index contributed by atoms with van der Waals surface area (Å²) in [7, 11) is 0. The number of carbonyl (C=O) groups excluding carboxylic acids is 1. The number of nitrogens with one attached hydrogen (secondary N) is 1. The Morgan fingerprint density at radius 3 is 2.75 bits per heavy atom. The van der Waals surface area contributed by atoms with Gasteiger partial charge in [-0.3, -0.25) is 4.79 Å². The minimum absolute atomic E-state index is 0.0842. The smallest absolute Gasteiger partial charge is 0.335 e. The van der Waals surface area contributed by atoms with Gasteiger partial charge in [0.05, 0.1) is 26.2 Å². The molecule has 4 nitrogen and oxygen atoms in total. The monoisotopic (exact) mass is 327 g/mol. The number of carbonyl (C=O) groups is 2. The normalized spacial score (nSPS) is 10.2. The molecule has 0 saturated carbocycles. The van der Waals surface area contributed by atoms with Gasteiger partial charge in [0.15, 0.2) is 0 Å². The van der Waals surface area contributed by atoms with Gasteiger partial charge in [-0.15, -0.1) is 23.1 Å². The minimum Gasteiger partial charge on any atom is -0.478 e. The summed E-state index contributed by atoms with van der Waals surface area (Å²) in [6.07, 6.45) is 0. The highest BCUT2D eigenvalue weighted by Gasteiger charge is 2.10. The van der Waals surface area contributed by atoms with Crippen LogP contribution in [-0.4, -0.2) is 22.7 Å². The predicted molar refractivity (Wildman–Crippen MR) is 82.1 cm³/mol. The predicted octanol–water partition coefficient (Wildman–Crippen LogP) is 3.83. The number of hydrogen-bond acceptors (Lipinski definition) is 4. The SMILES string of the molecule is O=C(CSc1cccs1)Nc1ccc(C(=O)O)cc1Cl. The first-order valence-electron chi connectivity index (χ1n) is 5.55. The molecule has 2 aromatic rings. The van der Waals surface area contributed by atoms with E-state index in [1.165, 1.54) is 30.0 Å². The molecule has 1 amide bonds. The minimum atomic E-state index is -1.06. The topological polar surface area (TPSA) is 66.4 Å². The van der Waals surface area contributed by atoms with Gasteiger partial charge in [0.25, 0.3) is 0 Å². The van der Waals surface area contributed by atoms with Crippen molar-refractivity contribution in [2.75, 3.05) is 11.1 Å². The van der Waals surface area contributed by atoms with Gasteiger partial charge >= 0.3 is 5.97 Å². The van der Waals surface area contributed by atoms with Crippen LogP contribution in [0, 0.1) is 0 Å². The van der Waals surface area contributed by atoms with Crippen molar-refractivity contribution in [1.29, 1.82) is 0 Å². The van der Waals surface area contributed by atoms with E-state index in [4.69, 9.17) is 16.7 Å². The van der Waals surface area contributed by atoms with Crippen LogP contribution in [0.1, 0.15) is 10.4 Å². The van der Waals surface area contributed by atoms with Gasteiger partial charge in [-0.25, -0.2) is 4.79 Å². The highest BCUT2D eigenvalue weighted by Crippen LogP contribution is 2.25. The van der Waals surface area contributed by atoms with Crippen LogP contribution in [0.3, 0.4) is 0 Å². The third kappa shape index (κ3) is 4.00. The van der Waals surface area contributed by atoms with Crippen LogP contribution in [0.25, 0.3) is 0 Å². The molecule has 2 rings (SSSR count). The molecule has 1 heterocycles. The summed E-state index contributed by atoms with van der Waals surface area (Å²) in [6, 6.07) is 8.06. The van der Waals surface area contributed by atoms with Gasteiger partial charge in [-0.2, -0.15) is 0 Å². The number of benzene rings is 1. The molecule has 0 aliphatic carbocycles. The maximum Gasteiger partial charge on any atom is 0.335 e. The molecule has 0 atom stereocenters. The summed E-state index contributed by atoms with van der Waals surface area (Å²) in [5.74, 6) is -0.969. The van der Waals surface area contributed by atoms with E-state index >= 15 is 0 Å². The Kier molecular flexibility index (Phi) is 5.05. The highest BCUT2D eigenvalue weighted by atomic mass is 35.5. The van der Waals surface area contributed by atoms with Crippen LogP contribution in [0.4, 0.5) is 5.69 Å². The summed E-state index contributed by atoms with van der Waals surface area (Å²) in [4.78, 5) is 22.5. The molecule has 0 radical (unpaired) electrons. The van der Waals surface area contributed by atoms with Crippen molar-refractivity contribution >= 4 is 52.3 Å². The number of anilines is 1.